The number of nitrogens with two attached hydrogens (primary N) is 1. The first-order chi connectivity index (χ1) is 9.16. The molecule has 7 nitrogen and oxygen atoms in total. The van der Waals surface area contributed by atoms with Crippen LogP contribution < -0.4 is 5.73 Å². The van der Waals surface area contributed by atoms with E-state index in [9.17, 15) is 0 Å². The number of nitrogens with zero attached hydrogens (tertiary/aromatic N) is 6. The number of aromatic nitrogens is 6. The number of para-hydroxylation sites is 1. The molecule has 0 aliphatic heterocycles. The SMILES string of the molecule is Cc1cccc(-c2nnnn2-c2cnn(C)c2)c1N. The predicted molar refractivity (Wildman–Crippen MR) is 70.5 cm³/mol. The summed E-state index contributed by atoms with van der Waals surface area (Å²) in [6.07, 6.45) is 3.54. The van der Waals surface area contributed by atoms with Crippen molar-refractivity contribution in [3.8, 4) is 17.1 Å². The Kier molecular flexibility index (Phi) is 2.52. The van der Waals surface area contributed by atoms with Crippen LogP contribution in [-0.2, 0) is 7.05 Å². The van der Waals surface area contributed by atoms with Crippen LogP contribution in [0, 0.1) is 6.92 Å². The van der Waals surface area contributed by atoms with E-state index in [1.807, 2.05) is 38.4 Å². The van der Waals surface area contributed by atoms with Crippen molar-refractivity contribution >= 4 is 5.69 Å². The Morgan fingerprint density at radius 2 is 2.11 bits per heavy atom. The van der Waals surface area contributed by atoms with Crippen LogP contribution in [-0.4, -0.2) is 30.0 Å². The molecule has 7 heteroatoms. The van der Waals surface area contributed by atoms with Crippen molar-refractivity contribution in [2.24, 2.45) is 7.05 Å². The molecule has 0 radical (unpaired) electrons. The van der Waals surface area contributed by atoms with Crippen molar-refractivity contribution in [2.45, 2.75) is 6.92 Å². The van der Waals surface area contributed by atoms with E-state index >= 15 is 0 Å². The Morgan fingerprint density at radius 3 is 2.84 bits per heavy atom. The molecule has 0 aliphatic rings. The topological polar surface area (TPSA) is 87.4 Å². The van der Waals surface area contributed by atoms with Crippen LogP contribution in [0.15, 0.2) is 30.6 Å². The van der Waals surface area contributed by atoms with Gasteiger partial charge < -0.3 is 5.73 Å². The van der Waals surface area contributed by atoms with Crippen molar-refractivity contribution in [1.29, 1.82) is 0 Å². The maximum absolute atomic E-state index is 6.10. The molecule has 3 rings (SSSR count). The van der Waals surface area contributed by atoms with E-state index in [-0.39, 0.29) is 0 Å². The highest BCUT2D eigenvalue weighted by Crippen LogP contribution is 2.27. The van der Waals surface area contributed by atoms with Gasteiger partial charge in [-0.2, -0.15) is 9.78 Å². The molecule has 2 N–H and O–H groups in total. The molecule has 0 saturated heterocycles. The van der Waals surface area contributed by atoms with Gasteiger partial charge in [0.15, 0.2) is 5.82 Å². The molecule has 2 heterocycles. The molecule has 0 saturated carbocycles. The molecule has 2 aromatic heterocycles. The zero-order valence-electron chi connectivity index (χ0n) is 10.6. The molecule has 1 aromatic carbocycles. The Bertz CT molecular complexity index is 725. The zero-order valence-corrected chi connectivity index (χ0v) is 10.6. The van der Waals surface area contributed by atoms with Gasteiger partial charge in [-0.05, 0) is 29.0 Å². The van der Waals surface area contributed by atoms with E-state index < -0.39 is 0 Å². The predicted octanol–water partition coefficient (Wildman–Crippen LogP) is 0.953. The van der Waals surface area contributed by atoms with Gasteiger partial charge >= 0.3 is 0 Å². The third-order valence-corrected chi connectivity index (χ3v) is 2.97. The highest BCUT2D eigenvalue weighted by molar-refractivity contribution is 5.74. The van der Waals surface area contributed by atoms with Crippen molar-refractivity contribution in [3.63, 3.8) is 0 Å². The van der Waals surface area contributed by atoms with E-state index in [4.69, 9.17) is 5.73 Å². The van der Waals surface area contributed by atoms with Crippen LogP contribution >= 0.6 is 0 Å². The largest absolute Gasteiger partial charge is 0.398 e. The second-order valence-corrected chi connectivity index (χ2v) is 4.32. The summed E-state index contributed by atoms with van der Waals surface area (Å²) in [6, 6.07) is 5.79. The van der Waals surface area contributed by atoms with Gasteiger partial charge in [-0.1, -0.05) is 12.1 Å². The van der Waals surface area contributed by atoms with Gasteiger partial charge in [-0.15, -0.1) is 5.10 Å². The Balaban J connectivity index is 2.17. The van der Waals surface area contributed by atoms with Gasteiger partial charge in [0.2, 0.25) is 0 Å². The fourth-order valence-electron chi connectivity index (χ4n) is 1.92. The van der Waals surface area contributed by atoms with Gasteiger partial charge in [0.25, 0.3) is 0 Å². The maximum Gasteiger partial charge on any atom is 0.189 e. The van der Waals surface area contributed by atoms with Gasteiger partial charge in [-0.25, -0.2) is 0 Å². The molecule has 3 aromatic rings. The fraction of sp³-hybridized carbons (Fsp3) is 0.167. The van der Waals surface area contributed by atoms with Gasteiger partial charge in [-0.3, -0.25) is 4.68 Å². The summed E-state index contributed by atoms with van der Waals surface area (Å²) in [5.41, 5.74) is 9.39. The molecule has 0 fully saturated rings. The third kappa shape index (κ3) is 1.85. The molecule has 96 valence electrons. The second-order valence-electron chi connectivity index (χ2n) is 4.32. The van der Waals surface area contributed by atoms with Gasteiger partial charge in [0.05, 0.1) is 12.4 Å². The summed E-state index contributed by atoms with van der Waals surface area (Å²) in [4.78, 5) is 0. The summed E-state index contributed by atoms with van der Waals surface area (Å²) in [5.74, 6) is 0.606. The highest BCUT2D eigenvalue weighted by atomic mass is 15.5. The lowest BCUT2D eigenvalue weighted by atomic mass is 10.1. The first-order valence-corrected chi connectivity index (χ1v) is 5.79. The van der Waals surface area contributed by atoms with E-state index in [0.29, 0.717) is 11.5 Å². The molecule has 0 spiro atoms. The standard InChI is InChI=1S/C12H13N7/c1-8-4-3-5-10(11(8)13)12-15-16-17-19(12)9-6-14-18(2)7-9/h3-7H,13H2,1-2H3. The number of rotatable bonds is 2. The molecular formula is C12H13N7. The van der Waals surface area contributed by atoms with Crippen molar-refractivity contribution in [1.82, 2.24) is 30.0 Å². The Labute approximate surface area is 109 Å². The van der Waals surface area contributed by atoms with E-state index in [1.54, 1.807) is 15.6 Å². The first-order valence-electron chi connectivity index (χ1n) is 5.79. The molecule has 0 amide bonds. The lowest BCUT2D eigenvalue weighted by molar-refractivity contribution is 0.762. The van der Waals surface area contributed by atoms with Crippen molar-refractivity contribution in [2.75, 3.05) is 5.73 Å². The maximum atomic E-state index is 6.10. The molecule has 19 heavy (non-hydrogen) atoms. The van der Waals surface area contributed by atoms with Crippen LogP contribution in [0.5, 0.6) is 0 Å². The van der Waals surface area contributed by atoms with Crippen LogP contribution in [0.1, 0.15) is 5.56 Å². The first kappa shape index (κ1) is 11.4. The monoisotopic (exact) mass is 255 g/mol. The molecular weight excluding hydrogens is 242 g/mol. The van der Waals surface area contributed by atoms with Crippen molar-refractivity contribution in [3.05, 3.63) is 36.2 Å². The van der Waals surface area contributed by atoms with E-state index in [0.717, 1.165) is 16.8 Å². The number of nitrogen functional groups attached to an aromatic ring is 1. The third-order valence-electron chi connectivity index (χ3n) is 2.97. The van der Waals surface area contributed by atoms with E-state index in [1.165, 1.54) is 0 Å². The summed E-state index contributed by atoms with van der Waals surface area (Å²) < 4.78 is 3.32. The van der Waals surface area contributed by atoms with Crippen molar-refractivity contribution < 1.29 is 0 Å². The summed E-state index contributed by atoms with van der Waals surface area (Å²) in [7, 11) is 1.84. The second kappa shape index (κ2) is 4.20. The molecule has 0 aliphatic carbocycles. The van der Waals surface area contributed by atoms with Crippen LogP contribution in [0.3, 0.4) is 0 Å². The normalized spacial score (nSPS) is 10.8. The molecule has 0 atom stereocenters. The van der Waals surface area contributed by atoms with E-state index in [2.05, 4.69) is 20.6 Å². The van der Waals surface area contributed by atoms with Crippen LogP contribution in [0.2, 0.25) is 0 Å². The minimum atomic E-state index is 0.606. The molecule has 0 bridgehead atoms. The number of tetrazole rings is 1. The Morgan fingerprint density at radius 1 is 1.26 bits per heavy atom. The minimum absolute atomic E-state index is 0.606. The molecule has 0 unspecified atom stereocenters. The number of hydrogen-bond acceptors (Lipinski definition) is 5. The average molecular weight is 255 g/mol. The van der Waals surface area contributed by atoms with Crippen LogP contribution in [0.25, 0.3) is 17.1 Å². The summed E-state index contributed by atoms with van der Waals surface area (Å²) >= 11 is 0. The zero-order chi connectivity index (χ0) is 13.4. The van der Waals surface area contributed by atoms with Crippen LogP contribution in [0.4, 0.5) is 5.69 Å². The number of aryl methyl sites for hydroxylation is 2. The number of hydrogen-bond donors (Lipinski definition) is 1. The smallest absolute Gasteiger partial charge is 0.189 e. The minimum Gasteiger partial charge on any atom is -0.398 e. The number of anilines is 1. The quantitative estimate of drug-likeness (QED) is 0.689. The van der Waals surface area contributed by atoms with Gasteiger partial charge in [0, 0.05) is 18.3 Å². The fourth-order valence-corrected chi connectivity index (χ4v) is 1.92. The summed E-state index contributed by atoms with van der Waals surface area (Å²) in [6.45, 7) is 1.96. The highest BCUT2D eigenvalue weighted by Gasteiger charge is 2.15. The van der Waals surface area contributed by atoms with Gasteiger partial charge in [0.1, 0.15) is 5.69 Å². The Hall–Kier alpha value is -2.70. The lowest BCUT2D eigenvalue weighted by Gasteiger charge is -2.07. The average Bonchev–Trinajstić information content (AvgIpc) is 3.01. The summed E-state index contributed by atoms with van der Waals surface area (Å²) in [5, 5.41) is 15.9. The number of benzene rings is 1. The lowest BCUT2D eigenvalue weighted by Crippen LogP contribution is -2.01.